The average molecular weight is 279 g/mol. The van der Waals surface area contributed by atoms with E-state index in [1.807, 2.05) is 19.6 Å². The summed E-state index contributed by atoms with van der Waals surface area (Å²) in [5.74, 6) is 1.47. The van der Waals surface area contributed by atoms with Crippen molar-refractivity contribution in [3.05, 3.63) is 22.7 Å². The Morgan fingerprint density at radius 3 is 2.29 bits per heavy atom. The summed E-state index contributed by atoms with van der Waals surface area (Å²) in [7, 11) is -1.61. The smallest absolute Gasteiger partial charge is 0.232 e. The maximum Gasteiger partial charge on any atom is 0.451 e. The van der Waals surface area contributed by atoms with E-state index in [-0.39, 0.29) is 10.7 Å². The molecule has 0 fully saturated rings. The largest absolute Gasteiger partial charge is 0.451 e. The highest BCUT2D eigenvalue weighted by molar-refractivity contribution is 6.83. The van der Waals surface area contributed by atoms with Gasteiger partial charge in [-0.05, 0) is 0 Å². The van der Waals surface area contributed by atoms with Crippen LogP contribution in [-0.2, 0) is 6.18 Å². The Kier molecular flexibility index (Phi) is 3.84. The summed E-state index contributed by atoms with van der Waals surface area (Å²) in [4.78, 5) is 6.39. The van der Waals surface area contributed by atoms with Crippen LogP contribution in [0, 0.1) is 11.5 Å². The molecule has 0 saturated heterocycles. The van der Waals surface area contributed by atoms with Gasteiger partial charge in [0.2, 0.25) is 5.82 Å². The first-order valence-electron chi connectivity index (χ1n) is 4.72. The molecular weight excluding hydrogens is 269 g/mol. The highest BCUT2D eigenvalue weighted by atomic mass is 35.5. The third-order valence-electron chi connectivity index (χ3n) is 1.57. The summed E-state index contributed by atoms with van der Waals surface area (Å²) in [6.45, 7) is 6.04. The molecule has 0 aliphatic heterocycles. The summed E-state index contributed by atoms with van der Waals surface area (Å²) < 4.78 is 36.8. The summed E-state index contributed by atoms with van der Waals surface area (Å²) in [6.07, 6.45) is -3.58. The molecule has 0 N–H and O–H groups in total. The van der Waals surface area contributed by atoms with Crippen LogP contribution < -0.4 is 0 Å². The molecule has 1 aromatic rings. The molecular formula is C10H10ClF3N2Si. The molecule has 92 valence electrons. The second kappa shape index (κ2) is 4.67. The first-order chi connectivity index (χ1) is 7.59. The quantitative estimate of drug-likeness (QED) is 0.413. The Bertz CT molecular complexity index is 483. The molecule has 1 aromatic heterocycles. The van der Waals surface area contributed by atoms with Crippen LogP contribution in [0.3, 0.4) is 0 Å². The lowest BCUT2D eigenvalue weighted by molar-refractivity contribution is -0.145. The van der Waals surface area contributed by atoms with Crippen molar-refractivity contribution in [2.75, 3.05) is 0 Å². The molecule has 1 heterocycles. The second-order valence-corrected chi connectivity index (χ2v) is 9.50. The maximum absolute atomic E-state index is 12.3. The maximum atomic E-state index is 12.3. The van der Waals surface area contributed by atoms with Crippen LogP contribution in [0.4, 0.5) is 13.2 Å². The van der Waals surface area contributed by atoms with Gasteiger partial charge < -0.3 is 0 Å². The van der Waals surface area contributed by atoms with E-state index in [4.69, 9.17) is 11.6 Å². The number of hydrogen-bond donors (Lipinski definition) is 0. The molecule has 0 aliphatic rings. The van der Waals surface area contributed by atoms with E-state index >= 15 is 0 Å². The Labute approximate surface area is 103 Å². The molecule has 17 heavy (non-hydrogen) atoms. The molecule has 2 nitrogen and oxygen atoms in total. The molecule has 0 amide bonds. The number of halogens is 4. The summed E-state index contributed by atoms with van der Waals surface area (Å²) >= 11 is 5.63. The molecule has 0 unspecified atom stereocenters. The van der Waals surface area contributed by atoms with Crippen molar-refractivity contribution in [3.8, 4) is 11.5 Å². The molecule has 0 aromatic carbocycles. The summed E-state index contributed by atoms with van der Waals surface area (Å²) in [6, 6.07) is 0. The minimum Gasteiger partial charge on any atom is -0.232 e. The monoisotopic (exact) mass is 278 g/mol. The van der Waals surface area contributed by atoms with Crippen LogP contribution in [0.5, 0.6) is 0 Å². The average Bonchev–Trinajstić information content (AvgIpc) is 2.12. The van der Waals surface area contributed by atoms with Gasteiger partial charge in [0.25, 0.3) is 0 Å². The predicted molar refractivity (Wildman–Crippen MR) is 62.3 cm³/mol. The first-order valence-corrected chi connectivity index (χ1v) is 8.60. The lowest BCUT2D eigenvalue weighted by Gasteiger charge is -2.06. The zero-order chi connectivity index (χ0) is 13.3. The zero-order valence-corrected chi connectivity index (χ0v) is 11.2. The SMILES string of the molecule is C[Si](C)(C)C#Cc1cnc(C(F)(F)F)nc1Cl. The van der Waals surface area contributed by atoms with Crippen LogP contribution >= 0.6 is 11.6 Å². The lowest BCUT2D eigenvalue weighted by atomic mass is 10.3. The fraction of sp³-hybridized carbons (Fsp3) is 0.400. The van der Waals surface area contributed by atoms with Gasteiger partial charge in [-0.25, -0.2) is 9.97 Å². The van der Waals surface area contributed by atoms with Gasteiger partial charge in [-0.3, -0.25) is 0 Å². The molecule has 0 spiro atoms. The molecule has 1 rings (SSSR count). The lowest BCUT2D eigenvalue weighted by Crippen LogP contribution is -2.16. The molecule has 7 heteroatoms. The predicted octanol–water partition coefficient (Wildman–Crippen LogP) is 3.38. The van der Waals surface area contributed by atoms with Gasteiger partial charge in [-0.15, -0.1) is 5.54 Å². The Morgan fingerprint density at radius 2 is 1.88 bits per heavy atom. The van der Waals surface area contributed by atoms with Gasteiger partial charge in [0, 0.05) is 6.20 Å². The van der Waals surface area contributed by atoms with E-state index < -0.39 is 20.1 Å². The van der Waals surface area contributed by atoms with Gasteiger partial charge in [0.15, 0.2) is 0 Å². The molecule has 0 radical (unpaired) electrons. The van der Waals surface area contributed by atoms with E-state index in [9.17, 15) is 13.2 Å². The van der Waals surface area contributed by atoms with Crippen LogP contribution in [-0.4, -0.2) is 18.0 Å². The minimum atomic E-state index is -4.59. The molecule has 0 atom stereocenters. The molecule has 0 saturated carbocycles. The number of aromatic nitrogens is 2. The fourth-order valence-electron chi connectivity index (χ4n) is 0.836. The zero-order valence-electron chi connectivity index (χ0n) is 9.48. The normalized spacial score (nSPS) is 11.9. The standard InChI is InChI=1S/C10H10ClF3N2Si/c1-17(2,3)5-4-7-6-15-9(10(12,13)14)16-8(7)11/h6H,1-3H3. The highest BCUT2D eigenvalue weighted by Crippen LogP contribution is 2.27. The van der Waals surface area contributed by atoms with E-state index in [2.05, 4.69) is 21.4 Å². The number of hydrogen-bond acceptors (Lipinski definition) is 2. The van der Waals surface area contributed by atoms with Crippen molar-refractivity contribution in [3.63, 3.8) is 0 Å². The van der Waals surface area contributed by atoms with Crippen molar-refractivity contribution in [1.29, 1.82) is 0 Å². The fourth-order valence-corrected chi connectivity index (χ4v) is 1.52. The molecule has 0 bridgehead atoms. The third kappa shape index (κ3) is 4.36. The van der Waals surface area contributed by atoms with Crippen LogP contribution in [0.25, 0.3) is 0 Å². The van der Waals surface area contributed by atoms with Crippen LogP contribution in [0.15, 0.2) is 6.20 Å². The Hall–Kier alpha value is -1.06. The van der Waals surface area contributed by atoms with E-state index in [1.165, 1.54) is 0 Å². The highest BCUT2D eigenvalue weighted by Gasteiger charge is 2.35. The van der Waals surface area contributed by atoms with E-state index in [0.29, 0.717) is 0 Å². The first kappa shape index (κ1) is 14.0. The third-order valence-corrected chi connectivity index (χ3v) is 2.73. The van der Waals surface area contributed by atoms with Gasteiger partial charge >= 0.3 is 6.18 Å². The van der Waals surface area contributed by atoms with Crippen molar-refractivity contribution in [2.45, 2.75) is 25.8 Å². The van der Waals surface area contributed by atoms with Crippen molar-refractivity contribution < 1.29 is 13.2 Å². The number of alkyl halides is 3. The minimum absolute atomic E-state index is 0.224. The van der Waals surface area contributed by atoms with E-state index in [1.54, 1.807) is 0 Å². The van der Waals surface area contributed by atoms with Crippen LogP contribution in [0.1, 0.15) is 11.4 Å². The molecule has 0 aliphatic carbocycles. The van der Waals surface area contributed by atoms with Crippen molar-refractivity contribution in [2.24, 2.45) is 0 Å². The summed E-state index contributed by atoms with van der Waals surface area (Å²) in [5.41, 5.74) is 3.20. The van der Waals surface area contributed by atoms with Crippen molar-refractivity contribution >= 4 is 19.7 Å². The Balaban J connectivity index is 3.10. The topological polar surface area (TPSA) is 25.8 Å². The summed E-state index contributed by atoms with van der Waals surface area (Å²) in [5, 5.41) is -0.266. The van der Waals surface area contributed by atoms with Gasteiger partial charge in [-0.2, -0.15) is 13.2 Å². The van der Waals surface area contributed by atoms with Crippen molar-refractivity contribution in [1.82, 2.24) is 9.97 Å². The number of rotatable bonds is 0. The van der Waals surface area contributed by atoms with Gasteiger partial charge in [0.05, 0.1) is 5.56 Å². The van der Waals surface area contributed by atoms with Gasteiger partial charge in [-0.1, -0.05) is 37.2 Å². The van der Waals surface area contributed by atoms with Gasteiger partial charge in [0.1, 0.15) is 13.2 Å². The Morgan fingerprint density at radius 1 is 1.29 bits per heavy atom. The van der Waals surface area contributed by atoms with E-state index in [0.717, 1.165) is 6.20 Å². The second-order valence-electron chi connectivity index (χ2n) is 4.40. The number of nitrogens with zero attached hydrogens (tertiary/aromatic N) is 2. The van der Waals surface area contributed by atoms with Crippen LogP contribution in [0.2, 0.25) is 24.8 Å².